The van der Waals surface area contributed by atoms with Gasteiger partial charge < -0.3 is 9.80 Å². The maximum atomic E-state index is 13.4. The van der Waals surface area contributed by atoms with Gasteiger partial charge >= 0.3 is 0 Å². The summed E-state index contributed by atoms with van der Waals surface area (Å²) in [4.78, 5) is 26.7. The standard InChI is InChI=1S/C16H16Cl3FN2O2/c1-9-7-10(3-4-11(9)20)22-6-5-12(13(22)23)21(2)14(24)15(17)8-16(15,18)19/h3-4,7,12H,5-6,8H2,1-2H3. The highest BCUT2D eigenvalue weighted by molar-refractivity contribution is 6.62. The van der Waals surface area contributed by atoms with Gasteiger partial charge in [0.25, 0.3) is 0 Å². The molecule has 2 atom stereocenters. The number of carbonyl (C=O) groups excluding carboxylic acids is 2. The van der Waals surface area contributed by atoms with Crippen molar-refractivity contribution >= 4 is 52.3 Å². The van der Waals surface area contributed by atoms with Gasteiger partial charge in [-0.25, -0.2) is 4.39 Å². The van der Waals surface area contributed by atoms with Crippen LogP contribution in [0.4, 0.5) is 10.1 Å². The van der Waals surface area contributed by atoms with E-state index in [2.05, 4.69) is 0 Å². The summed E-state index contributed by atoms with van der Waals surface area (Å²) in [5.41, 5.74) is 1.07. The van der Waals surface area contributed by atoms with Crippen LogP contribution in [-0.4, -0.2) is 45.6 Å². The summed E-state index contributed by atoms with van der Waals surface area (Å²) < 4.78 is 12.1. The second-order valence-electron chi connectivity index (χ2n) is 6.33. The minimum Gasteiger partial charge on any atom is -0.332 e. The molecule has 1 saturated carbocycles. The van der Waals surface area contributed by atoms with Gasteiger partial charge in [-0.15, -0.1) is 11.6 Å². The third-order valence-electron chi connectivity index (χ3n) is 4.68. The molecule has 4 nitrogen and oxygen atoms in total. The van der Waals surface area contributed by atoms with Crippen LogP contribution in [0.15, 0.2) is 18.2 Å². The van der Waals surface area contributed by atoms with E-state index >= 15 is 0 Å². The smallest absolute Gasteiger partial charge is 0.249 e. The number of anilines is 1. The van der Waals surface area contributed by atoms with E-state index < -0.39 is 21.2 Å². The predicted molar refractivity (Wildman–Crippen MR) is 92.3 cm³/mol. The lowest BCUT2D eigenvalue weighted by Gasteiger charge is -2.26. The van der Waals surface area contributed by atoms with Crippen molar-refractivity contribution in [3.8, 4) is 0 Å². The van der Waals surface area contributed by atoms with E-state index in [9.17, 15) is 14.0 Å². The number of hydrogen-bond donors (Lipinski definition) is 0. The van der Waals surface area contributed by atoms with Gasteiger partial charge in [-0.3, -0.25) is 9.59 Å². The number of benzene rings is 1. The molecule has 2 amide bonds. The average Bonchev–Trinajstić information content (AvgIpc) is 2.85. The number of alkyl halides is 3. The van der Waals surface area contributed by atoms with E-state index in [1.54, 1.807) is 24.0 Å². The number of carbonyl (C=O) groups is 2. The molecule has 2 aliphatic rings. The molecule has 3 rings (SSSR count). The Kier molecular flexibility index (Phi) is 4.26. The molecule has 1 aromatic carbocycles. The molecule has 0 N–H and O–H groups in total. The summed E-state index contributed by atoms with van der Waals surface area (Å²) in [7, 11) is 1.52. The average molecular weight is 394 g/mol. The fraction of sp³-hybridized carbons (Fsp3) is 0.500. The first-order valence-corrected chi connectivity index (χ1v) is 8.63. The first kappa shape index (κ1) is 17.8. The zero-order valence-electron chi connectivity index (χ0n) is 13.2. The van der Waals surface area contributed by atoms with Crippen LogP contribution in [0.25, 0.3) is 0 Å². The Hall–Kier alpha value is -1.04. The number of aryl methyl sites for hydroxylation is 1. The molecule has 130 valence electrons. The lowest BCUT2D eigenvalue weighted by molar-refractivity contribution is -0.137. The Bertz CT molecular complexity index is 727. The molecule has 0 bridgehead atoms. The predicted octanol–water partition coefficient (Wildman–Crippen LogP) is 3.25. The van der Waals surface area contributed by atoms with Gasteiger partial charge in [-0.2, -0.15) is 0 Å². The third-order valence-corrected chi connectivity index (χ3v) is 6.40. The monoisotopic (exact) mass is 392 g/mol. The second kappa shape index (κ2) is 5.75. The van der Waals surface area contributed by atoms with Crippen molar-refractivity contribution in [1.29, 1.82) is 0 Å². The van der Waals surface area contributed by atoms with E-state index in [-0.39, 0.29) is 18.1 Å². The molecule has 24 heavy (non-hydrogen) atoms. The first-order chi connectivity index (χ1) is 11.1. The first-order valence-electron chi connectivity index (χ1n) is 7.50. The molecule has 1 aromatic rings. The lowest BCUT2D eigenvalue weighted by Crippen LogP contribution is -2.47. The lowest BCUT2D eigenvalue weighted by atomic mass is 10.2. The van der Waals surface area contributed by atoms with Gasteiger partial charge in [0, 0.05) is 25.7 Å². The molecule has 8 heteroatoms. The van der Waals surface area contributed by atoms with Crippen LogP contribution in [0.2, 0.25) is 0 Å². The number of nitrogens with zero attached hydrogens (tertiary/aromatic N) is 2. The van der Waals surface area contributed by atoms with Gasteiger partial charge in [0.1, 0.15) is 16.2 Å². The third kappa shape index (κ3) is 2.67. The topological polar surface area (TPSA) is 40.6 Å². The van der Waals surface area contributed by atoms with Gasteiger partial charge in [-0.05, 0) is 37.1 Å². The molecule has 0 aromatic heterocycles. The number of hydrogen-bond acceptors (Lipinski definition) is 2. The number of halogens is 4. The molecule has 1 aliphatic heterocycles. The molecular formula is C16H16Cl3FN2O2. The van der Waals surface area contributed by atoms with Gasteiger partial charge in [0.05, 0.1) is 0 Å². The molecule has 1 saturated heterocycles. The van der Waals surface area contributed by atoms with Crippen LogP contribution in [-0.2, 0) is 9.59 Å². The summed E-state index contributed by atoms with van der Waals surface area (Å²) in [6.07, 6.45) is 0.609. The fourth-order valence-corrected chi connectivity index (χ4v) is 4.03. The maximum absolute atomic E-state index is 13.4. The van der Waals surface area contributed by atoms with Crippen LogP contribution in [0.5, 0.6) is 0 Å². The Morgan fingerprint density at radius 1 is 1.38 bits per heavy atom. The quantitative estimate of drug-likeness (QED) is 0.740. The van der Waals surface area contributed by atoms with E-state index in [1.807, 2.05) is 0 Å². The highest BCUT2D eigenvalue weighted by Gasteiger charge is 2.72. The summed E-state index contributed by atoms with van der Waals surface area (Å²) >= 11 is 18.1. The van der Waals surface area contributed by atoms with Crippen molar-refractivity contribution in [2.75, 3.05) is 18.5 Å². The van der Waals surface area contributed by atoms with Crippen molar-refractivity contribution in [3.05, 3.63) is 29.6 Å². The van der Waals surface area contributed by atoms with Crippen molar-refractivity contribution in [1.82, 2.24) is 4.90 Å². The Morgan fingerprint density at radius 3 is 2.54 bits per heavy atom. The minimum atomic E-state index is -1.37. The maximum Gasteiger partial charge on any atom is 0.249 e. The van der Waals surface area contributed by atoms with Gasteiger partial charge in [-0.1, -0.05) is 23.2 Å². The Morgan fingerprint density at radius 2 is 2.00 bits per heavy atom. The summed E-state index contributed by atoms with van der Waals surface area (Å²) in [6, 6.07) is 3.86. The van der Waals surface area contributed by atoms with Gasteiger partial charge in [0.15, 0.2) is 4.87 Å². The SMILES string of the molecule is Cc1cc(N2CCC(N(C)C(=O)C3(Cl)CC3(Cl)Cl)C2=O)ccc1F. The zero-order valence-corrected chi connectivity index (χ0v) is 15.4. The second-order valence-corrected chi connectivity index (χ2v) is 8.46. The van der Waals surface area contributed by atoms with Crippen LogP contribution in [0.3, 0.4) is 0 Å². The van der Waals surface area contributed by atoms with E-state index in [0.29, 0.717) is 24.2 Å². The number of rotatable bonds is 3. The highest BCUT2D eigenvalue weighted by atomic mass is 35.5. The summed E-state index contributed by atoms with van der Waals surface area (Å²) in [5, 5.41) is 0. The molecule has 2 unspecified atom stereocenters. The zero-order chi connectivity index (χ0) is 17.9. The molecule has 2 fully saturated rings. The van der Waals surface area contributed by atoms with E-state index in [4.69, 9.17) is 34.8 Å². The Balaban J connectivity index is 1.76. The largest absolute Gasteiger partial charge is 0.332 e. The molecule has 0 spiro atoms. The molecular weight excluding hydrogens is 378 g/mol. The van der Waals surface area contributed by atoms with Crippen molar-refractivity contribution in [3.63, 3.8) is 0 Å². The van der Waals surface area contributed by atoms with Crippen LogP contribution < -0.4 is 4.90 Å². The molecule has 0 radical (unpaired) electrons. The normalized spacial score (nSPS) is 28.2. The van der Waals surface area contributed by atoms with Crippen LogP contribution in [0, 0.1) is 12.7 Å². The highest BCUT2D eigenvalue weighted by Crippen LogP contribution is 2.62. The fourth-order valence-electron chi connectivity index (χ4n) is 2.99. The van der Waals surface area contributed by atoms with Crippen molar-refractivity contribution < 1.29 is 14.0 Å². The summed E-state index contributed by atoms with van der Waals surface area (Å²) in [5.74, 6) is -1.01. The van der Waals surface area contributed by atoms with Crippen molar-refractivity contribution in [2.24, 2.45) is 0 Å². The molecule has 1 heterocycles. The van der Waals surface area contributed by atoms with E-state index in [0.717, 1.165) is 0 Å². The van der Waals surface area contributed by atoms with Gasteiger partial charge in [0.2, 0.25) is 11.8 Å². The van der Waals surface area contributed by atoms with Crippen LogP contribution >= 0.6 is 34.8 Å². The molecule has 1 aliphatic carbocycles. The number of likely N-dealkylation sites (N-methyl/N-ethyl adjacent to an activating group) is 1. The van der Waals surface area contributed by atoms with Crippen molar-refractivity contribution in [2.45, 2.75) is 35.0 Å². The minimum absolute atomic E-state index is 0.148. The van der Waals surface area contributed by atoms with E-state index in [1.165, 1.54) is 18.0 Å². The van der Waals surface area contributed by atoms with Crippen LogP contribution in [0.1, 0.15) is 18.4 Å². The Labute approximate surface area is 154 Å². The number of amides is 2. The summed E-state index contributed by atoms with van der Waals surface area (Å²) in [6.45, 7) is 2.08.